The minimum atomic E-state index is -0.665. The normalized spacial score (nSPS) is 12.4. The smallest absolute Gasteiger partial charge is 0.303 e. The number of aliphatic carboxylic acids is 1. The van der Waals surface area contributed by atoms with Crippen molar-refractivity contribution < 1.29 is 20.1 Å². The fraction of sp³-hybridized carbons (Fsp3) is 0.957. The Balaban J connectivity index is 3.02. The molecule has 27 heavy (non-hydrogen) atoms. The van der Waals surface area contributed by atoms with Crippen LogP contribution in [-0.4, -0.2) is 34.0 Å². The Morgan fingerprint density at radius 3 is 1.15 bits per heavy atom. The lowest BCUT2D eigenvalue weighted by Crippen LogP contribution is -2.10. The summed E-state index contributed by atoms with van der Waals surface area (Å²) in [6, 6.07) is 0. The predicted octanol–water partition coefficient (Wildman–Crippen LogP) is 6.23. The topological polar surface area (TPSA) is 77.8 Å². The number of hydrogen-bond acceptors (Lipinski definition) is 3. The molecule has 0 fully saturated rings. The van der Waals surface area contributed by atoms with Gasteiger partial charge in [-0.15, -0.1) is 0 Å². The summed E-state index contributed by atoms with van der Waals surface area (Å²) in [5.74, 6) is -0.665. The molecule has 0 aromatic carbocycles. The molecule has 4 heteroatoms. The number of carboxylic acid groups (broad SMARTS) is 1. The number of aliphatic hydroxyl groups excluding tert-OH is 2. The van der Waals surface area contributed by atoms with Gasteiger partial charge in [-0.25, -0.2) is 0 Å². The molecule has 0 amide bonds. The minimum absolute atomic E-state index is 0.101. The quantitative estimate of drug-likeness (QED) is 0.193. The monoisotopic (exact) mass is 386 g/mol. The molecule has 0 radical (unpaired) electrons. The second-order valence-corrected chi connectivity index (χ2v) is 8.13. The predicted molar refractivity (Wildman–Crippen MR) is 113 cm³/mol. The van der Waals surface area contributed by atoms with Crippen LogP contribution in [0.1, 0.15) is 128 Å². The van der Waals surface area contributed by atoms with Crippen LogP contribution in [0.5, 0.6) is 0 Å². The average molecular weight is 387 g/mol. The van der Waals surface area contributed by atoms with Gasteiger partial charge < -0.3 is 15.3 Å². The molecule has 3 N–H and O–H groups in total. The fourth-order valence-electron chi connectivity index (χ4n) is 3.58. The molecule has 4 nitrogen and oxygen atoms in total. The van der Waals surface area contributed by atoms with E-state index in [2.05, 4.69) is 0 Å². The molecule has 162 valence electrons. The molecule has 0 aliphatic carbocycles. The van der Waals surface area contributed by atoms with E-state index in [0.29, 0.717) is 6.42 Å². The minimum Gasteiger partial charge on any atom is -0.481 e. The molecule has 0 spiro atoms. The number of unbranched alkanes of at least 4 members (excludes halogenated alkanes) is 17. The maximum absolute atomic E-state index is 10.4. The van der Waals surface area contributed by atoms with Gasteiger partial charge >= 0.3 is 5.97 Å². The van der Waals surface area contributed by atoms with Crippen molar-refractivity contribution in [1.29, 1.82) is 0 Å². The standard InChI is InChI=1S/C23H46O4/c24-21-22(25)19-17-15-13-11-9-7-5-3-1-2-4-6-8-10-12-14-16-18-20-23(26)27/h22,24-25H,1-21H2,(H,26,27). The molecule has 0 aromatic rings. The lowest BCUT2D eigenvalue weighted by Gasteiger charge is -2.06. The van der Waals surface area contributed by atoms with Crippen LogP contribution in [-0.2, 0) is 4.79 Å². The molecule has 0 saturated carbocycles. The molecule has 0 saturated heterocycles. The third-order valence-corrected chi connectivity index (χ3v) is 5.39. The largest absolute Gasteiger partial charge is 0.481 e. The average Bonchev–Trinajstić information content (AvgIpc) is 2.65. The zero-order valence-electron chi connectivity index (χ0n) is 17.7. The van der Waals surface area contributed by atoms with Crippen LogP contribution >= 0.6 is 0 Å². The van der Waals surface area contributed by atoms with Crippen molar-refractivity contribution in [2.75, 3.05) is 6.61 Å². The van der Waals surface area contributed by atoms with E-state index in [1.807, 2.05) is 0 Å². The van der Waals surface area contributed by atoms with Gasteiger partial charge in [0.05, 0.1) is 12.7 Å². The van der Waals surface area contributed by atoms with Crippen molar-refractivity contribution in [3.05, 3.63) is 0 Å². The van der Waals surface area contributed by atoms with Gasteiger partial charge in [-0.2, -0.15) is 0 Å². The Hall–Kier alpha value is -0.610. The molecule has 1 unspecified atom stereocenters. The van der Waals surface area contributed by atoms with Crippen molar-refractivity contribution in [3.63, 3.8) is 0 Å². The van der Waals surface area contributed by atoms with Crippen molar-refractivity contribution in [1.82, 2.24) is 0 Å². The van der Waals surface area contributed by atoms with E-state index in [1.165, 1.54) is 96.3 Å². The van der Waals surface area contributed by atoms with Crippen LogP contribution in [0, 0.1) is 0 Å². The summed E-state index contributed by atoms with van der Waals surface area (Å²) >= 11 is 0. The first-order valence-electron chi connectivity index (χ1n) is 11.7. The second-order valence-electron chi connectivity index (χ2n) is 8.13. The van der Waals surface area contributed by atoms with Gasteiger partial charge in [0.15, 0.2) is 0 Å². The summed E-state index contributed by atoms with van der Waals surface area (Å²) in [4.78, 5) is 10.4. The lowest BCUT2D eigenvalue weighted by molar-refractivity contribution is -0.137. The van der Waals surface area contributed by atoms with Gasteiger partial charge in [0, 0.05) is 6.42 Å². The van der Waals surface area contributed by atoms with Crippen LogP contribution in [0.4, 0.5) is 0 Å². The first kappa shape index (κ1) is 26.4. The van der Waals surface area contributed by atoms with Crippen molar-refractivity contribution in [3.8, 4) is 0 Å². The van der Waals surface area contributed by atoms with E-state index in [-0.39, 0.29) is 6.61 Å². The molecule has 0 rings (SSSR count). The van der Waals surface area contributed by atoms with Gasteiger partial charge in [-0.3, -0.25) is 4.79 Å². The summed E-state index contributed by atoms with van der Waals surface area (Å²) in [5.41, 5.74) is 0. The highest BCUT2D eigenvalue weighted by atomic mass is 16.4. The van der Waals surface area contributed by atoms with Crippen molar-refractivity contribution in [2.45, 2.75) is 135 Å². The third-order valence-electron chi connectivity index (χ3n) is 5.39. The zero-order chi connectivity index (χ0) is 20.0. The van der Waals surface area contributed by atoms with Gasteiger partial charge in [0.25, 0.3) is 0 Å². The van der Waals surface area contributed by atoms with Gasteiger partial charge in [0.2, 0.25) is 0 Å². The highest BCUT2D eigenvalue weighted by Gasteiger charge is 2.00. The summed E-state index contributed by atoms with van der Waals surface area (Å²) in [5, 5.41) is 26.6. The molecule has 0 aromatic heterocycles. The van der Waals surface area contributed by atoms with E-state index >= 15 is 0 Å². The lowest BCUT2D eigenvalue weighted by atomic mass is 10.0. The first-order valence-corrected chi connectivity index (χ1v) is 11.7. The fourth-order valence-corrected chi connectivity index (χ4v) is 3.58. The summed E-state index contributed by atoms with van der Waals surface area (Å²) in [6.45, 7) is -0.101. The Bertz CT molecular complexity index is 307. The molecule has 1 atom stereocenters. The SMILES string of the molecule is O=C(O)CCCCCCCCCCCCCCCCCCCCC(O)CO. The maximum atomic E-state index is 10.4. The Kier molecular flexibility index (Phi) is 21.2. The zero-order valence-corrected chi connectivity index (χ0v) is 17.7. The summed E-state index contributed by atoms with van der Waals surface area (Å²) in [7, 11) is 0. The van der Waals surface area contributed by atoms with Crippen LogP contribution in [0.2, 0.25) is 0 Å². The number of hydrogen-bond donors (Lipinski definition) is 3. The summed E-state index contributed by atoms with van der Waals surface area (Å²) in [6.07, 6.45) is 23.3. The Morgan fingerprint density at radius 1 is 0.556 bits per heavy atom. The highest BCUT2D eigenvalue weighted by Crippen LogP contribution is 2.15. The van der Waals surface area contributed by atoms with Crippen molar-refractivity contribution >= 4 is 5.97 Å². The van der Waals surface area contributed by atoms with Gasteiger partial charge in [-0.1, -0.05) is 109 Å². The van der Waals surface area contributed by atoms with Gasteiger partial charge in [-0.05, 0) is 12.8 Å². The number of carbonyl (C=O) groups is 1. The van der Waals surface area contributed by atoms with E-state index < -0.39 is 12.1 Å². The van der Waals surface area contributed by atoms with Gasteiger partial charge in [0.1, 0.15) is 0 Å². The third kappa shape index (κ3) is 23.4. The summed E-state index contributed by atoms with van der Waals surface area (Å²) < 4.78 is 0. The van der Waals surface area contributed by atoms with E-state index in [0.717, 1.165) is 25.7 Å². The molecule has 0 aliphatic rings. The molecular weight excluding hydrogens is 340 g/mol. The van der Waals surface area contributed by atoms with E-state index in [4.69, 9.17) is 10.2 Å². The van der Waals surface area contributed by atoms with Crippen LogP contribution in [0.3, 0.4) is 0 Å². The molecule has 0 bridgehead atoms. The van der Waals surface area contributed by atoms with Crippen LogP contribution in [0.15, 0.2) is 0 Å². The van der Waals surface area contributed by atoms with E-state index in [9.17, 15) is 9.90 Å². The number of aliphatic hydroxyl groups is 2. The van der Waals surface area contributed by atoms with Crippen LogP contribution in [0.25, 0.3) is 0 Å². The number of rotatable bonds is 22. The second kappa shape index (κ2) is 21.7. The Morgan fingerprint density at radius 2 is 0.852 bits per heavy atom. The highest BCUT2D eigenvalue weighted by molar-refractivity contribution is 5.66. The molecule has 0 aliphatic heterocycles. The first-order chi connectivity index (χ1) is 13.2. The molecular formula is C23H46O4. The van der Waals surface area contributed by atoms with Crippen LogP contribution < -0.4 is 0 Å². The molecule has 0 heterocycles. The van der Waals surface area contributed by atoms with Crippen molar-refractivity contribution in [2.24, 2.45) is 0 Å². The van der Waals surface area contributed by atoms with E-state index in [1.54, 1.807) is 0 Å². The maximum Gasteiger partial charge on any atom is 0.303 e. The number of carboxylic acids is 1. The Labute approximate surface area is 167 Å².